The van der Waals surface area contributed by atoms with Gasteiger partial charge in [0.05, 0.1) is 6.54 Å². The van der Waals surface area contributed by atoms with Crippen molar-refractivity contribution in [3.8, 4) is 0 Å². The number of carboxylic acid groups (broad SMARTS) is 1. The fraction of sp³-hybridized carbons (Fsp3) is 0.385. The molecule has 114 valence electrons. The van der Waals surface area contributed by atoms with Crippen LogP contribution in [0.5, 0.6) is 0 Å². The molecule has 1 aliphatic heterocycles. The molecule has 1 amide bonds. The van der Waals surface area contributed by atoms with Crippen LogP contribution < -0.4 is 11.1 Å². The van der Waals surface area contributed by atoms with Crippen molar-refractivity contribution in [2.45, 2.75) is 12.0 Å². The monoisotopic (exact) mass is 299 g/mol. The minimum atomic E-state index is -1.34. The molecule has 0 saturated carbocycles. The summed E-state index contributed by atoms with van der Waals surface area (Å²) in [6.07, 6.45) is 0.251. The number of anilines is 1. The first-order valence-corrected chi connectivity index (χ1v) is 6.30. The highest BCUT2D eigenvalue weighted by molar-refractivity contribution is 5.92. The molecule has 1 aliphatic rings. The second-order valence-corrected chi connectivity index (χ2v) is 5.10. The van der Waals surface area contributed by atoms with Gasteiger partial charge in [-0.15, -0.1) is 0 Å². The summed E-state index contributed by atoms with van der Waals surface area (Å²) >= 11 is 0. The number of aliphatic carboxylic acids is 1. The minimum absolute atomic E-state index is 0.0630. The van der Waals surface area contributed by atoms with E-state index in [-0.39, 0.29) is 25.2 Å². The molecule has 0 aliphatic carbocycles. The number of nitrogens with one attached hydrogen (secondary N) is 1. The van der Waals surface area contributed by atoms with Crippen molar-refractivity contribution in [2.24, 2.45) is 5.73 Å². The van der Waals surface area contributed by atoms with E-state index in [0.29, 0.717) is 6.54 Å². The van der Waals surface area contributed by atoms with Crippen LogP contribution in [0.4, 0.5) is 14.5 Å². The van der Waals surface area contributed by atoms with Crippen molar-refractivity contribution in [1.29, 1.82) is 0 Å². The molecule has 0 spiro atoms. The molecule has 1 atom stereocenters. The second-order valence-electron chi connectivity index (χ2n) is 5.10. The van der Waals surface area contributed by atoms with E-state index in [2.05, 4.69) is 5.32 Å². The van der Waals surface area contributed by atoms with Crippen LogP contribution in [0.1, 0.15) is 6.42 Å². The number of likely N-dealkylation sites (tertiary alicyclic amines) is 1. The van der Waals surface area contributed by atoms with Crippen LogP contribution in [0.25, 0.3) is 0 Å². The lowest BCUT2D eigenvalue weighted by molar-refractivity contribution is -0.143. The summed E-state index contributed by atoms with van der Waals surface area (Å²) in [5, 5.41) is 11.4. The van der Waals surface area contributed by atoms with Gasteiger partial charge >= 0.3 is 5.97 Å². The molecule has 4 N–H and O–H groups in total. The smallest absolute Gasteiger partial charge is 0.325 e. The molecular formula is C13H15F2N3O3. The molecule has 1 saturated heterocycles. The topological polar surface area (TPSA) is 95.7 Å². The lowest BCUT2D eigenvalue weighted by Crippen LogP contribution is -2.50. The number of nitrogens with zero attached hydrogens (tertiary/aromatic N) is 1. The Balaban J connectivity index is 1.91. The number of carbonyl (C=O) groups excluding carboxylic acids is 1. The number of benzene rings is 1. The zero-order chi connectivity index (χ0) is 15.6. The quantitative estimate of drug-likeness (QED) is 0.747. The third-order valence-corrected chi connectivity index (χ3v) is 3.38. The number of halogens is 2. The number of amides is 1. The van der Waals surface area contributed by atoms with Crippen LogP contribution in [0.15, 0.2) is 18.2 Å². The van der Waals surface area contributed by atoms with E-state index < -0.39 is 29.0 Å². The Hall–Kier alpha value is -2.06. The normalized spacial score (nSPS) is 22.2. The first-order valence-electron chi connectivity index (χ1n) is 6.30. The summed E-state index contributed by atoms with van der Waals surface area (Å²) in [4.78, 5) is 24.4. The zero-order valence-corrected chi connectivity index (χ0v) is 11.1. The maximum Gasteiger partial charge on any atom is 0.325 e. The van der Waals surface area contributed by atoms with Crippen molar-refractivity contribution in [3.05, 3.63) is 29.8 Å². The highest BCUT2D eigenvalue weighted by Crippen LogP contribution is 2.19. The first-order chi connectivity index (χ1) is 9.80. The molecule has 1 aromatic rings. The lowest BCUT2D eigenvalue weighted by atomic mass is 10.0. The number of nitrogens with two attached hydrogens (primary N) is 1. The SMILES string of the molecule is NC1(C(=O)O)CCN(CC(=O)Nc2ccc(F)c(F)c2)C1. The highest BCUT2D eigenvalue weighted by Gasteiger charge is 2.41. The summed E-state index contributed by atoms with van der Waals surface area (Å²) in [5.41, 5.74) is 4.48. The largest absolute Gasteiger partial charge is 0.480 e. The Morgan fingerprint density at radius 2 is 2.10 bits per heavy atom. The van der Waals surface area contributed by atoms with Crippen LogP contribution in [0.3, 0.4) is 0 Å². The van der Waals surface area contributed by atoms with Gasteiger partial charge in [-0.3, -0.25) is 14.5 Å². The number of hydrogen-bond donors (Lipinski definition) is 3. The Kier molecular flexibility index (Phi) is 4.19. The van der Waals surface area contributed by atoms with Crippen LogP contribution >= 0.6 is 0 Å². The van der Waals surface area contributed by atoms with E-state index in [0.717, 1.165) is 12.1 Å². The van der Waals surface area contributed by atoms with E-state index in [4.69, 9.17) is 10.8 Å². The van der Waals surface area contributed by atoms with E-state index in [1.54, 1.807) is 4.90 Å². The maximum absolute atomic E-state index is 13.0. The van der Waals surface area contributed by atoms with E-state index in [9.17, 15) is 18.4 Å². The molecule has 8 heteroatoms. The van der Waals surface area contributed by atoms with Crippen molar-refractivity contribution in [3.63, 3.8) is 0 Å². The van der Waals surface area contributed by atoms with Crippen molar-refractivity contribution in [2.75, 3.05) is 25.0 Å². The molecule has 0 aromatic heterocycles. The summed E-state index contributed by atoms with van der Waals surface area (Å²) in [5.74, 6) is -3.61. The van der Waals surface area contributed by atoms with Gasteiger partial charge in [0, 0.05) is 24.8 Å². The molecule has 6 nitrogen and oxygen atoms in total. The third-order valence-electron chi connectivity index (χ3n) is 3.38. The molecule has 0 bridgehead atoms. The number of carboxylic acids is 1. The van der Waals surface area contributed by atoms with Gasteiger partial charge in [-0.25, -0.2) is 8.78 Å². The molecule has 1 heterocycles. The first kappa shape index (κ1) is 15.3. The zero-order valence-electron chi connectivity index (χ0n) is 11.1. The Morgan fingerprint density at radius 3 is 2.67 bits per heavy atom. The van der Waals surface area contributed by atoms with Gasteiger partial charge in [0.2, 0.25) is 5.91 Å². The number of carbonyl (C=O) groups is 2. The lowest BCUT2D eigenvalue weighted by Gasteiger charge is -2.19. The Morgan fingerprint density at radius 1 is 1.38 bits per heavy atom. The van der Waals surface area contributed by atoms with Crippen LogP contribution in [-0.2, 0) is 9.59 Å². The Labute approximate surface area is 119 Å². The van der Waals surface area contributed by atoms with Gasteiger partial charge in [0.25, 0.3) is 0 Å². The van der Waals surface area contributed by atoms with E-state index >= 15 is 0 Å². The standard InChI is InChI=1S/C13H15F2N3O3/c14-9-2-1-8(5-10(9)15)17-11(19)6-18-4-3-13(16,7-18)12(20)21/h1-2,5H,3-4,6-7,16H2,(H,17,19)(H,20,21). The number of rotatable bonds is 4. The van der Waals surface area contributed by atoms with Crippen molar-refractivity contribution in [1.82, 2.24) is 4.90 Å². The van der Waals surface area contributed by atoms with E-state index in [1.165, 1.54) is 6.07 Å². The van der Waals surface area contributed by atoms with Gasteiger partial charge in [-0.05, 0) is 18.6 Å². The van der Waals surface area contributed by atoms with Crippen LogP contribution in [0.2, 0.25) is 0 Å². The number of hydrogen-bond acceptors (Lipinski definition) is 4. The molecule has 1 unspecified atom stereocenters. The van der Waals surface area contributed by atoms with E-state index in [1.807, 2.05) is 0 Å². The minimum Gasteiger partial charge on any atom is -0.480 e. The van der Waals surface area contributed by atoms with Crippen LogP contribution in [-0.4, -0.2) is 47.1 Å². The molecule has 21 heavy (non-hydrogen) atoms. The van der Waals surface area contributed by atoms with Crippen molar-refractivity contribution < 1.29 is 23.5 Å². The van der Waals surface area contributed by atoms with Gasteiger partial charge in [-0.2, -0.15) is 0 Å². The van der Waals surface area contributed by atoms with Crippen LogP contribution in [0, 0.1) is 11.6 Å². The predicted molar refractivity (Wildman–Crippen MR) is 70.6 cm³/mol. The van der Waals surface area contributed by atoms with Gasteiger partial charge in [0.15, 0.2) is 11.6 Å². The fourth-order valence-corrected chi connectivity index (χ4v) is 2.20. The molecule has 1 aromatic carbocycles. The third kappa shape index (κ3) is 3.53. The van der Waals surface area contributed by atoms with Gasteiger partial charge < -0.3 is 16.2 Å². The summed E-state index contributed by atoms with van der Waals surface area (Å²) in [7, 11) is 0. The molecule has 1 fully saturated rings. The van der Waals surface area contributed by atoms with Crippen molar-refractivity contribution >= 4 is 17.6 Å². The summed E-state index contributed by atoms with van der Waals surface area (Å²) in [6.45, 7) is 0.382. The van der Waals surface area contributed by atoms with Gasteiger partial charge in [-0.1, -0.05) is 0 Å². The molecule has 2 rings (SSSR count). The second kappa shape index (κ2) is 5.74. The molecular weight excluding hydrogens is 284 g/mol. The predicted octanol–water partition coefficient (Wildman–Crippen LogP) is 0.391. The van der Waals surface area contributed by atoms with Gasteiger partial charge in [0.1, 0.15) is 5.54 Å². The highest BCUT2D eigenvalue weighted by atomic mass is 19.2. The fourth-order valence-electron chi connectivity index (χ4n) is 2.20. The average molecular weight is 299 g/mol. The summed E-state index contributed by atoms with van der Waals surface area (Å²) in [6, 6.07) is 3.03. The molecule has 0 radical (unpaired) electrons. The summed E-state index contributed by atoms with van der Waals surface area (Å²) < 4.78 is 25.8. The Bertz CT molecular complexity index is 582. The average Bonchev–Trinajstić information content (AvgIpc) is 2.77. The maximum atomic E-state index is 13.0.